The Hall–Kier alpha value is -0.940. The highest BCUT2D eigenvalue weighted by Crippen LogP contribution is 2.18. The molecule has 1 aromatic rings. The zero-order chi connectivity index (χ0) is 12.2. The molecule has 0 bridgehead atoms. The zero-order valence-electron chi connectivity index (χ0n) is 10.8. The van der Waals surface area contributed by atoms with Crippen molar-refractivity contribution in [2.75, 3.05) is 13.2 Å². The molecule has 18 heavy (non-hydrogen) atoms. The lowest BCUT2D eigenvalue weighted by molar-refractivity contribution is 0.181. The number of nitrogens with zero attached hydrogens (tertiary/aromatic N) is 3. The van der Waals surface area contributed by atoms with Crippen LogP contribution < -0.4 is 5.32 Å². The molecule has 0 amide bonds. The summed E-state index contributed by atoms with van der Waals surface area (Å²) >= 11 is 0. The predicted octanol–water partition coefficient (Wildman–Crippen LogP) is 1.35. The largest absolute Gasteiger partial charge is 0.381 e. The SMILES string of the molecule is c1c(CNC2CCCC2)nnn1C[C@H]1CCOC1. The molecule has 1 aliphatic heterocycles. The smallest absolute Gasteiger partial charge is 0.0964 e. The number of aromatic nitrogens is 3. The molecule has 0 spiro atoms. The van der Waals surface area contributed by atoms with Crippen LogP contribution in [-0.4, -0.2) is 34.2 Å². The van der Waals surface area contributed by atoms with Gasteiger partial charge >= 0.3 is 0 Å². The molecule has 1 N–H and O–H groups in total. The minimum absolute atomic E-state index is 0.613. The highest BCUT2D eigenvalue weighted by atomic mass is 16.5. The van der Waals surface area contributed by atoms with Crippen molar-refractivity contribution >= 4 is 0 Å². The van der Waals surface area contributed by atoms with Crippen LogP contribution in [0.5, 0.6) is 0 Å². The van der Waals surface area contributed by atoms with E-state index < -0.39 is 0 Å². The standard InChI is InChI=1S/C13H22N4O/c1-2-4-12(3-1)14-7-13-9-17(16-15-13)8-11-5-6-18-10-11/h9,11-12,14H,1-8,10H2/t11-/m1/s1. The summed E-state index contributed by atoms with van der Waals surface area (Å²) in [6, 6.07) is 0.693. The number of hydrogen-bond acceptors (Lipinski definition) is 4. The fraction of sp³-hybridized carbons (Fsp3) is 0.846. The van der Waals surface area contributed by atoms with Crippen LogP contribution in [0.3, 0.4) is 0 Å². The highest BCUT2D eigenvalue weighted by molar-refractivity contribution is 4.93. The van der Waals surface area contributed by atoms with Gasteiger partial charge in [0.25, 0.3) is 0 Å². The van der Waals surface area contributed by atoms with Gasteiger partial charge in [-0.25, -0.2) is 0 Å². The quantitative estimate of drug-likeness (QED) is 0.857. The Bertz CT molecular complexity index is 367. The molecule has 2 heterocycles. The van der Waals surface area contributed by atoms with Crippen LogP contribution in [0.2, 0.25) is 0 Å². The van der Waals surface area contributed by atoms with E-state index in [2.05, 4.69) is 21.8 Å². The topological polar surface area (TPSA) is 52.0 Å². The maximum absolute atomic E-state index is 5.38. The van der Waals surface area contributed by atoms with Crippen LogP contribution in [0.1, 0.15) is 37.8 Å². The monoisotopic (exact) mass is 250 g/mol. The molecule has 0 radical (unpaired) electrons. The molecule has 2 fully saturated rings. The Morgan fingerprint density at radius 3 is 3.00 bits per heavy atom. The zero-order valence-corrected chi connectivity index (χ0v) is 10.8. The van der Waals surface area contributed by atoms with E-state index >= 15 is 0 Å². The van der Waals surface area contributed by atoms with Crippen LogP contribution in [-0.2, 0) is 17.8 Å². The van der Waals surface area contributed by atoms with Crippen LogP contribution in [0.4, 0.5) is 0 Å². The van der Waals surface area contributed by atoms with E-state index in [1.54, 1.807) is 0 Å². The van der Waals surface area contributed by atoms with Gasteiger partial charge in [0.15, 0.2) is 0 Å². The van der Waals surface area contributed by atoms with Gasteiger partial charge in [0.2, 0.25) is 0 Å². The Balaban J connectivity index is 1.46. The van der Waals surface area contributed by atoms with Crippen molar-refractivity contribution in [3.63, 3.8) is 0 Å². The molecule has 0 unspecified atom stereocenters. The van der Waals surface area contributed by atoms with Crippen molar-refractivity contribution in [3.8, 4) is 0 Å². The van der Waals surface area contributed by atoms with E-state index in [-0.39, 0.29) is 0 Å². The molecule has 1 atom stereocenters. The van der Waals surface area contributed by atoms with Gasteiger partial charge in [-0.1, -0.05) is 18.1 Å². The van der Waals surface area contributed by atoms with E-state index in [9.17, 15) is 0 Å². The number of rotatable bonds is 5. The summed E-state index contributed by atoms with van der Waals surface area (Å²) in [6.45, 7) is 3.56. The van der Waals surface area contributed by atoms with E-state index in [1.807, 2.05) is 4.68 Å². The third-order valence-corrected chi connectivity index (χ3v) is 3.98. The molecule has 1 saturated carbocycles. The molecule has 2 aliphatic rings. The molecule has 1 aliphatic carbocycles. The third kappa shape index (κ3) is 3.09. The second-order valence-electron chi connectivity index (χ2n) is 5.52. The minimum Gasteiger partial charge on any atom is -0.381 e. The fourth-order valence-corrected chi connectivity index (χ4v) is 2.88. The molecule has 100 valence electrons. The van der Waals surface area contributed by atoms with E-state index in [0.29, 0.717) is 12.0 Å². The molecule has 3 rings (SSSR count). The predicted molar refractivity (Wildman–Crippen MR) is 68.0 cm³/mol. The summed E-state index contributed by atoms with van der Waals surface area (Å²) < 4.78 is 7.34. The summed E-state index contributed by atoms with van der Waals surface area (Å²) in [4.78, 5) is 0. The lowest BCUT2D eigenvalue weighted by Crippen LogP contribution is -2.25. The van der Waals surface area contributed by atoms with E-state index in [1.165, 1.54) is 25.7 Å². The van der Waals surface area contributed by atoms with E-state index in [4.69, 9.17) is 4.74 Å². The lowest BCUT2D eigenvalue weighted by Gasteiger charge is -2.09. The van der Waals surface area contributed by atoms with Gasteiger partial charge in [-0.2, -0.15) is 0 Å². The Morgan fingerprint density at radius 2 is 2.22 bits per heavy atom. The Kier molecular flexibility index (Phi) is 3.90. The van der Waals surface area contributed by atoms with Gasteiger partial charge < -0.3 is 10.1 Å². The van der Waals surface area contributed by atoms with Crippen LogP contribution in [0.15, 0.2) is 6.20 Å². The first-order valence-electron chi connectivity index (χ1n) is 7.10. The third-order valence-electron chi connectivity index (χ3n) is 3.98. The molecular weight excluding hydrogens is 228 g/mol. The summed E-state index contributed by atoms with van der Waals surface area (Å²) in [7, 11) is 0. The summed E-state index contributed by atoms with van der Waals surface area (Å²) in [6.07, 6.45) is 8.58. The van der Waals surface area contributed by atoms with Crippen molar-refractivity contribution in [2.45, 2.75) is 51.2 Å². The average molecular weight is 250 g/mol. The molecule has 1 saturated heterocycles. The van der Waals surface area contributed by atoms with Crippen LogP contribution in [0.25, 0.3) is 0 Å². The Morgan fingerprint density at radius 1 is 1.33 bits per heavy atom. The number of ether oxygens (including phenoxy) is 1. The molecular formula is C13H22N4O. The van der Waals surface area contributed by atoms with Gasteiger partial charge in [0.05, 0.1) is 12.3 Å². The fourth-order valence-electron chi connectivity index (χ4n) is 2.88. The molecule has 0 aromatic carbocycles. The van der Waals surface area contributed by atoms with Crippen molar-refractivity contribution in [2.24, 2.45) is 5.92 Å². The van der Waals surface area contributed by atoms with Crippen molar-refractivity contribution in [3.05, 3.63) is 11.9 Å². The van der Waals surface area contributed by atoms with Gasteiger partial charge in [0, 0.05) is 37.9 Å². The van der Waals surface area contributed by atoms with Gasteiger partial charge in [-0.3, -0.25) is 4.68 Å². The average Bonchev–Trinajstić information content (AvgIpc) is 3.09. The van der Waals surface area contributed by atoms with Gasteiger partial charge in [0.1, 0.15) is 0 Å². The van der Waals surface area contributed by atoms with Gasteiger partial charge in [-0.15, -0.1) is 5.10 Å². The minimum atomic E-state index is 0.613. The summed E-state index contributed by atoms with van der Waals surface area (Å²) in [5.74, 6) is 0.613. The Labute approximate surface area is 108 Å². The second-order valence-corrected chi connectivity index (χ2v) is 5.52. The second kappa shape index (κ2) is 5.80. The van der Waals surface area contributed by atoms with Gasteiger partial charge in [-0.05, 0) is 19.3 Å². The number of hydrogen-bond donors (Lipinski definition) is 1. The first kappa shape index (κ1) is 12.1. The normalized spacial score (nSPS) is 25.0. The van der Waals surface area contributed by atoms with E-state index in [0.717, 1.165) is 38.4 Å². The highest BCUT2D eigenvalue weighted by Gasteiger charge is 2.17. The maximum atomic E-state index is 5.38. The molecule has 5 heteroatoms. The van der Waals surface area contributed by atoms with Crippen LogP contribution >= 0.6 is 0 Å². The first-order chi connectivity index (χ1) is 8.90. The summed E-state index contributed by atoms with van der Waals surface area (Å²) in [5, 5.41) is 12.0. The maximum Gasteiger partial charge on any atom is 0.0964 e. The number of nitrogens with one attached hydrogen (secondary N) is 1. The molecule has 5 nitrogen and oxygen atoms in total. The van der Waals surface area contributed by atoms with Crippen LogP contribution in [0, 0.1) is 5.92 Å². The molecule has 1 aromatic heterocycles. The van der Waals surface area contributed by atoms with Crippen molar-refractivity contribution in [1.29, 1.82) is 0 Å². The van der Waals surface area contributed by atoms with Crippen molar-refractivity contribution < 1.29 is 4.74 Å². The summed E-state index contributed by atoms with van der Waals surface area (Å²) in [5.41, 5.74) is 1.06. The first-order valence-corrected chi connectivity index (χ1v) is 7.10. The van der Waals surface area contributed by atoms with Crippen molar-refractivity contribution in [1.82, 2.24) is 20.3 Å². The lowest BCUT2D eigenvalue weighted by atomic mass is 10.1.